The molecule has 2 aromatic rings. The quantitative estimate of drug-likeness (QED) is 0.715. The summed E-state index contributed by atoms with van der Waals surface area (Å²) in [5, 5.41) is 6.81. The van der Waals surface area contributed by atoms with E-state index in [1.54, 1.807) is 18.2 Å². The summed E-state index contributed by atoms with van der Waals surface area (Å²) in [5.74, 6) is -1.33. The molecule has 0 spiro atoms. The standard InChI is InChI=1S/C16H15BrClN3O4/c1-2-7-21-15(23)6-5-13(20-21)16(24)25-9-14(22)19-12-4-3-10(17)8-11(12)18/h3-6,8H,2,7,9H2,1H3,(H,19,22). The second kappa shape index (κ2) is 8.77. The highest BCUT2D eigenvalue weighted by molar-refractivity contribution is 9.10. The average Bonchev–Trinajstić information content (AvgIpc) is 2.57. The Morgan fingerprint density at radius 3 is 2.76 bits per heavy atom. The van der Waals surface area contributed by atoms with Crippen LogP contribution in [0.4, 0.5) is 5.69 Å². The molecule has 2 rings (SSSR count). The van der Waals surface area contributed by atoms with Gasteiger partial charge in [0.2, 0.25) is 0 Å². The largest absolute Gasteiger partial charge is 0.451 e. The number of carbonyl (C=O) groups is 2. The molecular weight excluding hydrogens is 414 g/mol. The third kappa shape index (κ3) is 5.40. The fourth-order valence-corrected chi connectivity index (χ4v) is 2.63. The molecule has 0 atom stereocenters. The van der Waals surface area contributed by atoms with Gasteiger partial charge in [-0.2, -0.15) is 5.10 Å². The predicted molar refractivity (Wildman–Crippen MR) is 96.9 cm³/mol. The number of esters is 1. The van der Waals surface area contributed by atoms with Crippen LogP contribution in [0.1, 0.15) is 23.8 Å². The van der Waals surface area contributed by atoms with Crippen LogP contribution >= 0.6 is 27.5 Å². The Balaban J connectivity index is 1.96. The van der Waals surface area contributed by atoms with E-state index in [4.69, 9.17) is 16.3 Å². The van der Waals surface area contributed by atoms with Gasteiger partial charge in [0.05, 0.1) is 10.7 Å². The summed E-state index contributed by atoms with van der Waals surface area (Å²) in [5.41, 5.74) is 0.0593. The number of ether oxygens (including phenoxy) is 1. The van der Waals surface area contributed by atoms with Gasteiger partial charge in [-0.3, -0.25) is 9.59 Å². The lowest BCUT2D eigenvalue weighted by atomic mass is 10.3. The predicted octanol–water partition coefficient (Wildman–Crippen LogP) is 2.86. The van der Waals surface area contributed by atoms with E-state index in [-0.39, 0.29) is 11.3 Å². The highest BCUT2D eigenvalue weighted by Crippen LogP contribution is 2.25. The van der Waals surface area contributed by atoms with Crippen molar-refractivity contribution in [2.45, 2.75) is 19.9 Å². The van der Waals surface area contributed by atoms with Crippen LogP contribution in [-0.2, 0) is 16.1 Å². The summed E-state index contributed by atoms with van der Waals surface area (Å²) in [6, 6.07) is 7.47. The summed E-state index contributed by atoms with van der Waals surface area (Å²) in [6.07, 6.45) is 0.696. The maximum absolute atomic E-state index is 12.0. The monoisotopic (exact) mass is 427 g/mol. The van der Waals surface area contributed by atoms with Crippen molar-refractivity contribution in [1.82, 2.24) is 9.78 Å². The Labute approximate surface area is 157 Å². The number of aromatic nitrogens is 2. The fraction of sp³-hybridized carbons (Fsp3) is 0.250. The SMILES string of the molecule is CCCn1nc(C(=O)OCC(=O)Nc2ccc(Br)cc2Cl)ccc1=O. The molecule has 0 bridgehead atoms. The summed E-state index contributed by atoms with van der Waals surface area (Å²) in [6.45, 7) is 1.78. The van der Waals surface area contributed by atoms with Crippen LogP contribution in [-0.4, -0.2) is 28.3 Å². The van der Waals surface area contributed by atoms with Gasteiger partial charge in [-0.1, -0.05) is 34.5 Å². The molecular formula is C16H15BrClN3O4. The number of nitrogens with one attached hydrogen (secondary N) is 1. The van der Waals surface area contributed by atoms with Crippen molar-refractivity contribution in [2.24, 2.45) is 0 Å². The maximum Gasteiger partial charge on any atom is 0.359 e. The van der Waals surface area contributed by atoms with Crippen molar-refractivity contribution < 1.29 is 14.3 Å². The van der Waals surface area contributed by atoms with E-state index >= 15 is 0 Å². The number of rotatable bonds is 6. The van der Waals surface area contributed by atoms with Gasteiger partial charge in [0.25, 0.3) is 11.5 Å². The molecule has 1 aromatic carbocycles. The van der Waals surface area contributed by atoms with Gasteiger partial charge in [-0.05, 0) is 30.7 Å². The lowest BCUT2D eigenvalue weighted by molar-refractivity contribution is -0.119. The van der Waals surface area contributed by atoms with E-state index in [9.17, 15) is 14.4 Å². The normalized spacial score (nSPS) is 10.4. The third-order valence-electron chi connectivity index (χ3n) is 3.05. The first-order chi connectivity index (χ1) is 11.9. The zero-order valence-corrected chi connectivity index (χ0v) is 15.6. The highest BCUT2D eigenvalue weighted by Gasteiger charge is 2.14. The Bertz CT molecular complexity index is 854. The molecule has 1 N–H and O–H groups in total. The number of amides is 1. The molecule has 0 saturated heterocycles. The van der Waals surface area contributed by atoms with Gasteiger partial charge in [-0.25, -0.2) is 9.48 Å². The van der Waals surface area contributed by atoms with E-state index in [1.807, 2.05) is 6.92 Å². The number of nitrogens with zero attached hydrogens (tertiary/aromatic N) is 2. The van der Waals surface area contributed by atoms with E-state index in [1.165, 1.54) is 16.8 Å². The van der Waals surface area contributed by atoms with Gasteiger partial charge in [0, 0.05) is 17.1 Å². The molecule has 1 aromatic heterocycles. The van der Waals surface area contributed by atoms with E-state index in [0.717, 1.165) is 4.47 Å². The minimum atomic E-state index is -0.790. The number of halogens is 2. The summed E-state index contributed by atoms with van der Waals surface area (Å²) < 4.78 is 6.87. The minimum absolute atomic E-state index is 0.0393. The van der Waals surface area contributed by atoms with Gasteiger partial charge in [0.1, 0.15) is 0 Å². The molecule has 25 heavy (non-hydrogen) atoms. The van der Waals surface area contributed by atoms with Crippen LogP contribution in [0.5, 0.6) is 0 Å². The zero-order chi connectivity index (χ0) is 18.4. The Hall–Kier alpha value is -2.19. The number of hydrogen-bond acceptors (Lipinski definition) is 5. The van der Waals surface area contributed by atoms with Gasteiger partial charge < -0.3 is 10.1 Å². The summed E-state index contributed by atoms with van der Waals surface area (Å²) >= 11 is 9.26. The van der Waals surface area contributed by atoms with Crippen LogP contribution in [0.3, 0.4) is 0 Å². The van der Waals surface area contributed by atoms with Gasteiger partial charge in [-0.15, -0.1) is 0 Å². The highest BCUT2D eigenvalue weighted by atomic mass is 79.9. The fourth-order valence-electron chi connectivity index (χ4n) is 1.91. The van der Waals surface area contributed by atoms with Crippen molar-refractivity contribution >= 4 is 45.1 Å². The Morgan fingerprint density at radius 1 is 1.32 bits per heavy atom. The zero-order valence-electron chi connectivity index (χ0n) is 13.3. The summed E-state index contributed by atoms with van der Waals surface area (Å²) in [4.78, 5) is 35.4. The van der Waals surface area contributed by atoms with E-state index in [0.29, 0.717) is 23.7 Å². The van der Waals surface area contributed by atoms with E-state index < -0.39 is 18.5 Å². The smallest absolute Gasteiger partial charge is 0.359 e. The molecule has 7 nitrogen and oxygen atoms in total. The Morgan fingerprint density at radius 2 is 2.08 bits per heavy atom. The second-order valence-electron chi connectivity index (χ2n) is 5.03. The molecule has 0 aliphatic carbocycles. The van der Waals surface area contributed by atoms with Crippen molar-refractivity contribution in [1.29, 1.82) is 0 Å². The van der Waals surface area contributed by atoms with Crippen LogP contribution < -0.4 is 10.9 Å². The molecule has 0 unspecified atom stereocenters. The van der Waals surface area contributed by atoms with Crippen molar-refractivity contribution in [3.05, 3.63) is 55.9 Å². The van der Waals surface area contributed by atoms with E-state index in [2.05, 4.69) is 26.3 Å². The molecule has 0 fully saturated rings. The number of hydrogen-bond donors (Lipinski definition) is 1. The maximum atomic E-state index is 12.0. The molecule has 0 radical (unpaired) electrons. The van der Waals surface area contributed by atoms with Crippen LogP contribution in [0, 0.1) is 0 Å². The van der Waals surface area contributed by atoms with Crippen molar-refractivity contribution in [3.63, 3.8) is 0 Å². The van der Waals surface area contributed by atoms with Crippen LogP contribution in [0.2, 0.25) is 5.02 Å². The van der Waals surface area contributed by atoms with Crippen LogP contribution in [0.25, 0.3) is 0 Å². The molecule has 0 aliphatic rings. The van der Waals surface area contributed by atoms with Gasteiger partial charge >= 0.3 is 5.97 Å². The second-order valence-corrected chi connectivity index (χ2v) is 6.35. The molecule has 0 aliphatic heterocycles. The molecule has 9 heteroatoms. The first kappa shape index (κ1) is 19.1. The van der Waals surface area contributed by atoms with Crippen molar-refractivity contribution in [2.75, 3.05) is 11.9 Å². The number of anilines is 1. The van der Waals surface area contributed by atoms with Gasteiger partial charge in [0.15, 0.2) is 12.3 Å². The minimum Gasteiger partial charge on any atom is -0.451 e. The van der Waals surface area contributed by atoms with Crippen molar-refractivity contribution in [3.8, 4) is 0 Å². The average molecular weight is 429 g/mol. The number of carbonyl (C=O) groups excluding carboxylic acids is 2. The summed E-state index contributed by atoms with van der Waals surface area (Å²) in [7, 11) is 0. The lowest BCUT2D eigenvalue weighted by Crippen LogP contribution is -2.26. The molecule has 1 heterocycles. The van der Waals surface area contributed by atoms with Crippen LogP contribution in [0.15, 0.2) is 39.6 Å². The Kier molecular flexibility index (Phi) is 6.72. The first-order valence-corrected chi connectivity index (χ1v) is 8.58. The third-order valence-corrected chi connectivity index (χ3v) is 3.86. The lowest BCUT2D eigenvalue weighted by Gasteiger charge is -2.09. The number of benzene rings is 1. The molecule has 0 saturated carbocycles. The molecule has 1 amide bonds. The first-order valence-electron chi connectivity index (χ1n) is 7.41. The molecule has 132 valence electrons. The number of aryl methyl sites for hydroxylation is 1. The topological polar surface area (TPSA) is 90.3 Å².